The monoisotopic (exact) mass is 402 g/mol. The lowest BCUT2D eigenvalue weighted by molar-refractivity contribution is 0.0664. The molecular formula is C24H26N4O2. The first-order valence-corrected chi connectivity index (χ1v) is 10.0. The van der Waals surface area contributed by atoms with Crippen LogP contribution in [-0.4, -0.2) is 61.0 Å². The number of pyridine rings is 1. The molecule has 2 heterocycles. The lowest BCUT2D eigenvalue weighted by Gasteiger charge is -2.32. The number of nitrogens with zero attached hydrogens (tertiary/aromatic N) is 3. The largest absolute Gasteiger partial charge is 0.496 e. The number of hydrogen-bond donors (Lipinski definition) is 1. The van der Waals surface area contributed by atoms with Crippen molar-refractivity contribution < 1.29 is 9.53 Å². The molecule has 0 unspecified atom stereocenters. The first kappa shape index (κ1) is 19.9. The average molecular weight is 402 g/mol. The van der Waals surface area contributed by atoms with Gasteiger partial charge in [0.15, 0.2) is 0 Å². The molecule has 3 aromatic rings. The van der Waals surface area contributed by atoms with Crippen molar-refractivity contribution in [1.29, 1.82) is 0 Å². The lowest BCUT2D eigenvalue weighted by Crippen LogP contribution is -2.47. The highest BCUT2D eigenvalue weighted by molar-refractivity contribution is 5.95. The Hall–Kier alpha value is -3.38. The number of nitrogen functional groups attached to an aromatic ring is 1. The standard InChI is InChI=1S/C24H26N4O2/c1-27-10-12-28(13-11-27)24(29)18-7-5-6-17(14-18)19-15-21(23(25)26-16-19)20-8-3-4-9-22(20)30-2/h3-9,14-16H,10-13H2,1-2H3,(H2,25,26). The van der Waals surface area contributed by atoms with E-state index in [1.807, 2.05) is 59.5 Å². The topological polar surface area (TPSA) is 71.7 Å². The normalized spacial score (nSPS) is 14.5. The molecule has 30 heavy (non-hydrogen) atoms. The molecule has 1 fully saturated rings. The van der Waals surface area contributed by atoms with Crippen molar-refractivity contribution in [3.05, 3.63) is 66.4 Å². The Morgan fingerprint density at radius 2 is 1.73 bits per heavy atom. The molecule has 1 amide bonds. The van der Waals surface area contributed by atoms with Gasteiger partial charge in [0.25, 0.3) is 5.91 Å². The smallest absolute Gasteiger partial charge is 0.253 e. The zero-order chi connectivity index (χ0) is 21.1. The summed E-state index contributed by atoms with van der Waals surface area (Å²) < 4.78 is 5.49. The van der Waals surface area contributed by atoms with Gasteiger partial charge in [-0.1, -0.05) is 30.3 Å². The molecule has 0 saturated carbocycles. The highest BCUT2D eigenvalue weighted by Crippen LogP contribution is 2.35. The molecule has 6 heteroatoms. The van der Waals surface area contributed by atoms with Crippen molar-refractivity contribution in [2.45, 2.75) is 0 Å². The first-order chi connectivity index (χ1) is 14.6. The van der Waals surface area contributed by atoms with Gasteiger partial charge in [-0.3, -0.25) is 4.79 Å². The van der Waals surface area contributed by atoms with Gasteiger partial charge in [-0.2, -0.15) is 0 Å². The van der Waals surface area contributed by atoms with Crippen LogP contribution in [0.25, 0.3) is 22.3 Å². The van der Waals surface area contributed by atoms with Gasteiger partial charge in [0.05, 0.1) is 7.11 Å². The minimum Gasteiger partial charge on any atom is -0.496 e. The Balaban J connectivity index is 1.67. The molecule has 1 aliphatic rings. The summed E-state index contributed by atoms with van der Waals surface area (Å²) in [7, 11) is 3.72. The van der Waals surface area contributed by atoms with E-state index in [1.165, 1.54) is 0 Å². The lowest BCUT2D eigenvalue weighted by atomic mass is 9.99. The van der Waals surface area contributed by atoms with Crippen LogP contribution in [-0.2, 0) is 0 Å². The molecule has 1 aromatic heterocycles. The summed E-state index contributed by atoms with van der Waals surface area (Å²) >= 11 is 0. The van der Waals surface area contributed by atoms with E-state index in [-0.39, 0.29) is 5.91 Å². The molecule has 2 N–H and O–H groups in total. The zero-order valence-corrected chi connectivity index (χ0v) is 17.3. The number of nitrogens with two attached hydrogens (primary N) is 1. The summed E-state index contributed by atoms with van der Waals surface area (Å²) in [6.45, 7) is 3.30. The summed E-state index contributed by atoms with van der Waals surface area (Å²) in [5.41, 5.74) is 10.4. The van der Waals surface area contributed by atoms with Crippen LogP contribution in [0.1, 0.15) is 10.4 Å². The second kappa shape index (κ2) is 8.55. The Labute approximate surface area is 176 Å². The van der Waals surface area contributed by atoms with E-state index in [2.05, 4.69) is 16.9 Å². The van der Waals surface area contributed by atoms with Crippen LogP contribution in [0.3, 0.4) is 0 Å². The quantitative estimate of drug-likeness (QED) is 0.724. The second-order valence-electron chi connectivity index (χ2n) is 7.53. The fourth-order valence-corrected chi connectivity index (χ4v) is 3.74. The molecule has 0 radical (unpaired) electrons. The van der Waals surface area contributed by atoms with Crippen LogP contribution in [0.5, 0.6) is 5.75 Å². The summed E-state index contributed by atoms with van der Waals surface area (Å²) in [4.78, 5) is 21.5. The predicted octanol–water partition coefficient (Wildman–Crippen LogP) is 3.39. The van der Waals surface area contributed by atoms with E-state index in [9.17, 15) is 4.79 Å². The number of rotatable bonds is 4. The van der Waals surface area contributed by atoms with E-state index < -0.39 is 0 Å². The zero-order valence-electron chi connectivity index (χ0n) is 17.3. The molecule has 0 bridgehead atoms. The summed E-state index contributed by atoms with van der Waals surface area (Å²) in [5, 5.41) is 0. The van der Waals surface area contributed by atoms with Gasteiger partial charge in [0, 0.05) is 54.6 Å². The maximum Gasteiger partial charge on any atom is 0.253 e. The Morgan fingerprint density at radius 3 is 2.50 bits per heavy atom. The number of piperazine rings is 1. The number of aromatic nitrogens is 1. The Morgan fingerprint density at radius 1 is 0.967 bits per heavy atom. The molecule has 0 aliphatic carbocycles. The van der Waals surface area contributed by atoms with Crippen LogP contribution in [0, 0.1) is 0 Å². The number of amides is 1. The van der Waals surface area contributed by atoms with E-state index in [1.54, 1.807) is 13.3 Å². The average Bonchev–Trinajstić information content (AvgIpc) is 2.79. The van der Waals surface area contributed by atoms with Crippen molar-refractivity contribution in [3.8, 4) is 28.0 Å². The maximum absolute atomic E-state index is 13.0. The number of hydrogen-bond acceptors (Lipinski definition) is 5. The van der Waals surface area contributed by atoms with Gasteiger partial charge in [0.2, 0.25) is 0 Å². The van der Waals surface area contributed by atoms with Crippen LogP contribution in [0.15, 0.2) is 60.8 Å². The number of anilines is 1. The molecule has 1 aliphatic heterocycles. The van der Waals surface area contributed by atoms with Crippen LogP contribution < -0.4 is 10.5 Å². The minimum atomic E-state index is 0.0679. The van der Waals surface area contributed by atoms with E-state index in [0.29, 0.717) is 11.4 Å². The Kier molecular flexibility index (Phi) is 5.68. The number of carbonyl (C=O) groups is 1. The minimum absolute atomic E-state index is 0.0679. The molecule has 0 atom stereocenters. The fraction of sp³-hybridized carbons (Fsp3) is 0.250. The molecule has 0 spiro atoms. The van der Waals surface area contributed by atoms with Crippen molar-refractivity contribution in [2.75, 3.05) is 46.1 Å². The van der Waals surface area contributed by atoms with Crippen LogP contribution in [0.4, 0.5) is 5.82 Å². The van der Waals surface area contributed by atoms with Crippen molar-refractivity contribution >= 4 is 11.7 Å². The van der Waals surface area contributed by atoms with Gasteiger partial charge in [-0.15, -0.1) is 0 Å². The van der Waals surface area contributed by atoms with Crippen molar-refractivity contribution in [3.63, 3.8) is 0 Å². The molecular weight excluding hydrogens is 376 g/mol. The third kappa shape index (κ3) is 4.00. The molecule has 6 nitrogen and oxygen atoms in total. The highest BCUT2D eigenvalue weighted by Gasteiger charge is 2.20. The number of para-hydroxylation sites is 1. The predicted molar refractivity (Wildman–Crippen MR) is 119 cm³/mol. The van der Waals surface area contributed by atoms with Crippen LogP contribution >= 0.6 is 0 Å². The highest BCUT2D eigenvalue weighted by atomic mass is 16.5. The first-order valence-electron chi connectivity index (χ1n) is 10.0. The molecule has 2 aromatic carbocycles. The van der Waals surface area contributed by atoms with Gasteiger partial charge in [-0.25, -0.2) is 4.98 Å². The van der Waals surface area contributed by atoms with Crippen LogP contribution in [0.2, 0.25) is 0 Å². The third-order valence-electron chi connectivity index (χ3n) is 5.55. The van der Waals surface area contributed by atoms with Crippen molar-refractivity contribution in [2.24, 2.45) is 0 Å². The number of ether oxygens (including phenoxy) is 1. The van der Waals surface area contributed by atoms with Gasteiger partial charge >= 0.3 is 0 Å². The van der Waals surface area contributed by atoms with Gasteiger partial charge in [-0.05, 0) is 36.9 Å². The SMILES string of the molecule is COc1ccccc1-c1cc(-c2cccc(C(=O)N3CCN(C)CC3)c2)cnc1N. The number of likely N-dealkylation sites (N-methyl/N-ethyl adjacent to an activating group) is 1. The number of benzene rings is 2. The third-order valence-corrected chi connectivity index (χ3v) is 5.55. The van der Waals surface area contributed by atoms with E-state index in [0.717, 1.165) is 54.2 Å². The maximum atomic E-state index is 13.0. The van der Waals surface area contributed by atoms with E-state index in [4.69, 9.17) is 10.5 Å². The summed E-state index contributed by atoms with van der Waals surface area (Å²) in [5.74, 6) is 1.24. The summed E-state index contributed by atoms with van der Waals surface area (Å²) in [6, 6.07) is 17.4. The molecule has 4 rings (SSSR count). The number of methoxy groups -OCH3 is 1. The molecule has 1 saturated heterocycles. The Bertz CT molecular complexity index is 1060. The fourth-order valence-electron chi connectivity index (χ4n) is 3.74. The number of carbonyl (C=O) groups excluding carboxylic acids is 1. The molecule has 154 valence electrons. The van der Waals surface area contributed by atoms with Crippen molar-refractivity contribution in [1.82, 2.24) is 14.8 Å². The summed E-state index contributed by atoms with van der Waals surface area (Å²) in [6.07, 6.45) is 1.74. The second-order valence-corrected chi connectivity index (χ2v) is 7.53. The van der Waals surface area contributed by atoms with E-state index >= 15 is 0 Å². The van der Waals surface area contributed by atoms with Gasteiger partial charge in [0.1, 0.15) is 11.6 Å². The van der Waals surface area contributed by atoms with Gasteiger partial charge < -0.3 is 20.3 Å².